The van der Waals surface area contributed by atoms with Gasteiger partial charge in [0.2, 0.25) is 5.91 Å². The van der Waals surface area contributed by atoms with Gasteiger partial charge in [0.1, 0.15) is 11.9 Å². The van der Waals surface area contributed by atoms with Crippen LogP contribution in [0.1, 0.15) is 49.6 Å². The lowest BCUT2D eigenvalue weighted by Gasteiger charge is -2.24. The second-order valence-electron chi connectivity index (χ2n) is 6.68. The van der Waals surface area contributed by atoms with Gasteiger partial charge in [-0.1, -0.05) is 32.4 Å². The molecule has 0 aliphatic carbocycles. The average molecular weight is 368 g/mol. The number of aromatic amines is 1. The number of carbonyl (C=O) groups excluding carboxylic acids is 2. The summed E-state index contributed by atoms with van der Waals surface area (Å²) in [5, 5.41) is 5.66. The molecule has 3 N–H and O–H groups in total. The Morgan fingerprint density at radius 1 is 1.15 bits per heavy atom. The number of rotatable bonds is 7. The topological polar surface area (TPSA) is 100 Å². The second-order valence-corrected chi connectivity index (χ2v) is 6.68. The molecule has 3 aromatic rings. The van der Waals surface area contributed by atoms with Crippen LogP contribution in [0.4, 0.5) is 0 Å². The summed E-state index contributed by atoms with van der Waals surface area (Å²) in [6.45, 7) is 5.77. The van der Waals surface area contributed by atoms with E-state index in [0.29, 0.717) is 5.82 Å². The summed E-state index contributed by atoms with van der Waals surface area (Å²) < 4.78 is 5.06. The highest BCUT2D eigenvalue weighted by molar-refractivity contribution is 5.95. The van der Waals surface area contributed by atoms with Crippen LogP contribution in [0.5, 0.6) is 0 Å². The summed E-state index contributed by atoms with van der Waals surface area (Å²) in [5.74, 6) is 0.350. The van der Waals surface area contributed by atoms with Gasteiger partial charge in [-0.2, -0.15) is 0 Å². The van der Waals surface area contributed by atoms with E-state index in [1.54, 1.807) is 19.1 Å². The first-order chi connectivity index (χ1) is 13.0. The molecule has 0 aliphatic rings. The molecule has 3 atom stereocenters. The van der Waals surface area contributed by atoms with E-state index in [0.717, 1.165) is 17.5 Å². The van der Waals surface area contributed by atoms with E-state index in [9.17, 15) is 9.59 Å². The van der Waals surface area contributed by atoms with Crippen LogP contribution >= 0.6 is 0 Å². The fraction of sp³-hybridized carbons (Fsp3) is 0.350. The van der Waals surface area contributed by atoms with E-state index in [2.05, 4.69) is 34.4 Å². The van der Waals surface area contributed by atoms with Crippen molar-refractivity contribution in [1.82, 2.24) is 20.6 Å². The molecule has 3 rings (SSSR count). The zero-order valence-corrected chi connectivity index (χ0v) is 15.7. The largest absolute Gasteiger partial charge is 0.459 e. The number of hydrogen-bond acceptors (Lipinski definition) is 4. The minimum absolute atomic E-state index is 0.169. The minimum Gasteiger partial charge on any atom is -0.459 e. The van der Waals surface area contributed by atoms with Crippen molar-refractivity contribution in [1.29, 1.82) is 0 Å². The molecule has 0 fully saturated rings. The lowest BCUT2D eigenvalue weighted by atomic mass is 9.98. The third-order valence-electron chi connectivity index (χ3n) is 4.70. The molecule has 2 aromatic heterocycles. The maximum absolute atomic E-state index is 12.7. The monoisotopic (exact) mass is 368 g/mol. The van der Waals surface area contributed by atoms with Crippen molar-refractivity contribution >= 4 is 22.8 Å². The van der Waals surface area contributed by atoms with Gasteiger partial charge >= 0.3 is 0 Å². The number of hydrogen-bond donors (Lipinski definition) is 3. The summed E-state index contributed by atoms with van der Waals surface area (Å²) in [6.07, 6.45) is 2.29. The molecule has 0 unspecified atom stereocenters. The van der Waals surface area contributed by atoms with Crippen molar-refractivity contribution in [3.63, 3.8) is 0 Å². The molecule has 7 heteroatoms. The molecule has 27 heavy (non-hydrogen) atoms. The molecule has 1 aromatic carbocycles. The highest BCUT2D eigenvalue weighted by Crippen LogP contribution is 2.24. The van der Waals surface area contributed by atoms with Crippen molar-refractivity contribution in [2.45, 2.75) is 39.3 Å². The van der Waals surface area contributed by atoms with Crippen LogP contribution in [0.15, 0.2) is 47.1 Å². The summed E-state index contributed by atoms with van der Waals surface area (Å²) in [5.41, 5.74) is 1.78. The number of nitrogens with one attached hydrogen (secondary N) is 3. The first-order valence-electron chi connectivity index (χ1n) is 9.09. The van der Waals surface area contributed by atoms with Gasteiger partial charge in [-0.15, -0.1) is 0 Å². The molecule has 7 nitrogen and oxygen atoms in total. The Hall–Kier alpha value is -3.09. The van der Waals surface area contributed by atoms with Crippen molar-refractivity contribution < 1.29 is 14.0 Å². The maximum atomic E-state index is 12.7. The summed E-state index contributed by atoms with van der Waals surface area (Å²) in [7, 11) is 0. The molecule has 2 amide bonds. The Balaban J connectivity index is 1.73. The number of furan rings is 1. The van der Waals surface area contributed by atoms with E-state index < -0.39 is 11.9 Å². The van der Waals surface area contributed by atoms with Crippen LogP contribution in [0.3, 0.4) is 0 Å². The van der Waals surface area contributed by atoms with Crippen molar-refractivity contribution in [3.05, 3.63) is 54.2 Å². The SMILES string of the molecule is CC[C@H](C)[C@@H](NC(=O)[C@H](C)NC(=O)c1ccco1)c1nc2ccccc2[nH]1. The van der Waals surface area contributed by atoms with Crippen LogP contribution in [0.2, 0.25) is 0 Å². The van der Waals surface area contributed by atoms with Crippen molar-refractivity contribution in [2.75, 3.05) is 0 Å². The van der Waals surface area contributed by atoms with Gasteiger partial charge in [-0.05, 0) is 37.1 Å². The normalized spacial score (nSPS) is 14.5. The van der Waals surface area contributed by atoms with Gasteiger partial charge in [-0.25, -0.2) is 4.98 Å². The van der Waals surface area contributed by atoms with Crippen molar-refractivity contribution in [2.24, 2.45) is 5.92 Å². The fourth-order valence-corrected chi connectivity index (χ4v) is 2.85. The molecule has 0 radical (unpaired) electrons. The third kappa shape index (κ3) is 4.19. The molecule has 0 bridgehead atoms. The van der Waals surface area contributed by atoms with Gasteiger partial charge in [0, 0.05) is 0 Å². The van der Waals surface area contributed by atoms with Gasteiger partial charge in [0.15, 0.2) is 5.76 Å². The average Bonchev–Trinajstić information content (AvgIpc) is 3.34. The Morgan fingerprint density at radius 3 is 2.59 bits per heavy atom. The second kappa shape index (κ2) is 8.07. The minimum atomic E-state index is -0.710. The molecule has 0 spiro atoms. The zero-order valence-electron chi connectivity index (χ0n) is 15.7. The standard InChI is InChI=1S/C20H24N4O3/c1-4-12(2)17(18-22-14-8-5-6-9-15(14)23-18)24-19(25)13(3)21-20(26)16-10-7-11-27-16/h5-13,17H,4H2,1-3H3,(H,21,26)(H,22,23)(H,24,25)/t12-,13-,17+/m0/s1. The summed E-state index contributed by atoms with van der Waals surface area (Å²) >= 11 is 0. The highest BCUT2D eigenvalue weighted by atomic mass is 16.3. The lowest BCUT2D eigenvalue weighted by molar-refractivity contribution is -0.123. The number of imidazole rings is 1. The fourth-order valence-electron chi connectivity index (χ4n) is 2.85. The molecular weight excluding hydrogens is 344 g/mol. The van der Waals surface area contributed by atoms with Gasteiger partial charge in [0.05, 0.1) is 23.3 Å². The van der Waals surface area contributed by atoms with E-state index >= 15 is 0 Å². The third-order valence-corrected chi connectivity index (χ3v) is 4.70. The molecule has 142 valence electrons. The number of nitrogens with zero attached hydrogens (tertiary/aromatic N) is 1. The number of para-hydroxylation sites is 2. The first kappa shape index (κ1) is 18.7. The zero-order chi connectivity index (χ0) is 19.4. The number of H-pyrrole nitrogens is 1. The predicted octanol–water partition coefficient (Wildman–Crippen LogP) is 3.18. The summed E-state index contributed by atoms with van der Waals surface area (Å²) in [4.78, 5) is 32.7. The number of benzene rings is 1. The molecule has 0 saturated heterocycles. The Bertz CT molecular complexity index is 883. The maximum Gasteiger partial charge on any atom is 0.287 e. The van der Waals surface area contributed by atoms with Crippen LogP contribution in [-0.2, 0) is 4.79 Å². The summed E-state index contributed by atoms with van der Waals surface area (Å²) in [6, 6.07) is 9.93. The number of amides is 2. The molecule has 0 saturated carbocycles. The van der Waals surface area contributed by atoms with Crippen LogP contribution in [0, 0.1) is 5.92 Å². The lowest BCUT2D eigenvalue weighted by Crippen LogP contribution is -2.47. The van der Waals surface area contributed by atoms with E-state index in [1.807, 2.05) is 24.3 Å². The van der Waals surface area contributed by atoms with Gasteiger partial charge in [0.25, 0.3) is 5.91 Å². The Labute approximate surface area is 157 Å². The Kier molecular flexibility index (Phi) is 5.59. The van der Waals surface area contributed by atoms with Gasteiger partial charge in [-0.3, -0.25) is 9.59 Å². The smallest absolute Gasteiger partial charge is 0.287 e. The van der Waals surface area contributed by atoms with Crippen LogP contribution < -0.4 is 10.6 Å². The van der Waals surface area contributed by atoms with Crippen molar-refractivity contribution in [3.8, 4) is 0 Å². The van der Waals surface area contributed by atoms with E-state index in [1.165, 1.54) is 6.26 Å². The number of carbonyl (C=O) groups is 2. The molecule has 2 heterocycles. The molecule has 0 aliphatic heterocycles. The molecular formula is C20H24N4O3. The Morgan fingerprint density at radius 2 is 1.93 bits per heavy atom. The van der Waals surface area contributed by atoms with Crippen LogP contribution in [0.25, 0.3) is 11.0 Å². The first-order valence-corrected chi connectivity index (χ1v) is 9.09. The van der Waals surface area contributed by atoms with Gasteiger partial charge < -0.3 is 20.0 Å². The van der Waals surface area contributed by atoms with E-state index in [-0.39, 0.29) is 23.6 Å². The quantitative estimate of drug-likeness (QED) is 0.596. The highest BCUT2D eigenvalue weighted by Gasteiger charge is 2.26. The predicted molar refractivity (Wildman–Crippen MR) is 102 cm³/mol. The van der Waals surface area contributed by atoms with E-state index in [4.69, 9.17) is 4.42 Å². The van der Waals surface area contributed by atoms with Crippen LogP contribution in [-0.4, -0.2) is 27.8 Å². The number of fused-ring (bicyclic) bond motifs is 1. The number of aromatic nitrogens is 2.